The molecule has 7 nitrogen and oxygen atoms in total. The van der Waals surface area contributed by atoms with Crippen LogP contribution in [0.1, 0.15) is 13.8 Å². The SMILES string of the molecule is CCOC(=O)C1=C(CSCC(=O)[O-])NC(=O)N[C@H]1C. The third kappa shape index (κ3) is 4.47. The van der Waals surface area contributed by atoms with Gasteiger partial charge in [0.15, 0.2) is 0 Å². The van der Waals surface area contributed by atoms with Crippen molar-refractivity contribution in [1.29, 1.82) is 0 Å². The molecular weight excluding hydrogens is 272 g/mol. The van der Waals surface area contributed by atoms with Gasteiger partial charge in [-0.2, -0.15) is 0 Å². The molecule has 8 heteroatoms. The second-order valence-electron chi connectivity index (χ2n) is 3.80. The molecule has 0 saturated heterocycles. The first-order valence-electron chi connectivity index (χ1n) is 5.71. The van der Waals surface area contributed by atoms with Crippen LogP contribution in [-0.4, -0.2) is 42.1 Å². The number of rotatable bonds is 6. The van der Waals surface area contributed by atoms with Crippen molar-refractivity contribution in [2.45, 2.75) is 19.9 Å². The first-order chi connectivity index (χ1) is 8.95. The van der Waals surface area contributed by atoms with Crippen molar-refractivity contribution in [2.24, 2.45) is 0 Å². The van der Waals surface area contributed by atoms with Gasteiger partial charge >= 0.3 is 12.0 Å². The third-order valence-corrected chi connectivity index (χ3v) is 3.26. The van der Waals surface area contributed by atoms with Gasteiger partial charge in [0.25, 0.3) is 0 Å². The zero-order valence-electron chi connectivity index (χ0n) is 10.6. The van der Waals surface area contributed by atoms with Gasteiger partial charge in [-0.3, -0.25) is 0 Å². The molecule has 0 fully saturated rings. The topological polar surface area (TPSA) is 108 Å². The summed E-state index contributed by atoms with van der Waals surface area (Å²) in [6, 6.07) is -0.907. The van der Waals surface area contributed by atoms with Gasteiger partial charge in [-0.05, 0) is 13.8 Å². The van der Waals surface area contributed by atoms with Crippen molar-refractivity contribution in [3.63, 3.8) is 0 Å². The lowest BCUT2D eigenvalue weighted by Gasteiger charge is -2.26. The van der Waals surface area contributed by atoms with Crippen LogP contribution in [0.4, 0.5) is 4.79 Å². The summed E-state index contributed by atoms with van der Waals surface area (Å²) in [5.41, 5.74) is 0.688. The van der Waals surface area contributed by atoms with Crippen molar-refractivity contribution < 1.29 is 24.2 Å². The Bertz CT molecular complexity index is 421. The summed E-state index contributed by atoms with van der Waals surface area (Å²) in [6.45, 7) is 3.57. The van der Waals surface area contributed by atoms with Crippen LogP contribution in [0.2, 0.25) is 0 Å². The number of hydrogen-bond acceptors (Lipinski definition) is 6. The molecule has 1 rings (SSSR count). The van der Waals surface area contributed by atoms with E-state index in [4.69, 9.17) is 4.74 Å². The molecule has 19 heavy (non-hydrogen) atoms. The molecule has 1 aliphatic heterocycles. The molecule has 0 bridgehead atoms. The van der Waals surface area contributed by atoms with Gasteiger partial charge in [0.1, 0.15) is 0 Å². The van der Waals surface area contributed by atoms with Gasteiger partial charge in [-0.15, -0.1) is 11.8 Å². The van der Waals surface area contributed by atoms with Gasteiger partial charge in [0, 0.05) is 17.2 Å². The molecule has 0 unspecified atom stereocenters. The summed E-state index contributed by atoms with van der Waals surface area (Å²) >= 11 is 1.04. The quantitative estimate of drug-likeness (QED) is 0.606. The monoisotopic (exact) mass is 287 g/mol. The van der Waals surface area contributed by atoms with E-state index in [0.717, 1.165) is 11.8 Å². The van der Waals surface area contributed by atoms with Gasteiger partial charge < -0.3 is 25.3 Å². The number of amides is 2. The van der Waals surface area contributed by atoms with Crippen LogP contribution in [0.5, 0.6) is 0 Å². The predicted octanol–water partition coefficient (Wildman–Crippen LogP) is -1.01. The van der Waals surface area contributed by atoms with E-state index in [0.29, 0.717) is 11.3 Å². The lowest BCUT2D eigenvalue weighted by Crippen LogP contribution is -2.49. The number of carbonyl (C=O) groups excluding carboxylic acids is 3. The maximum Gasteiger partial charge on any atom is 0.337 e. The molecule has 1 atom stereocenters. The van der Waals surface area contributed by atoms with Crippen molar-refractivity contribution in [3.8, 4) is 0 Å². The molecule has 1 heterocycles. The molecule has 2 N–H and O–H groups in total. The molecule has 0 spiro atoms. The first-order valence-corrected chi connectivity index (χ1v) is 6.86. The van der Waals surface area contributed by atoms with Gasteiger partial charge in [0.2, 0.25) is 0 Å². The highest BCUT2D eigenvalue weighted by Crippen LogP contribution is 2.17. The number of thioether (sulfide) groups is 1. The Morgan fingerprint density at radius 3 is 2.74 bits per heavy atom. The minimum absolute atomic E-state index is 0.194. The molecule has 106 valence electrons. The number of ether oxygens (including phenoxy) is 1. The Morgan fingerprint density at radius 1 is 1.47 bits per heavy atom. The first kappa shape index (κ1) is 15.4. The van der Waals surface area contributed by atoms with Gasteiger partial charge in [-0.25, -0.2) is 9.59 Å². The highest BCUT2D eigenvalue weighted by Gasteiger charge is 2.29. The van der Waals surface area contributed by atoms with Crippen LogP contribution in [0.3, 0.4) is 0 Å². The van der Waals surface area contributed by atoms with Crippen molar-refractivity contribution in [2.75, 3.05) is 18.1 Å². The Kier molecular flexibility index (Phi) is 5.68. The van der Waals surface area contributed by atoms with Crippen LogP contribution in [0.25, 0.3) is 0 Å². The fourth-order valence-corrected chi connectivity index (χ4v) is 2.33. The molecule has 0 saturated carbocycles. The van der Waals surface area contributed by atoms with Crippen molar-refractivity contribution in [1.82, 2.24) is 10.6 Å². The summed E-state index contributed by atoms with van der Waals surface area (Å²) < 4.78 is 4.92. The zero-order chi connectivity index (χ0) is 14.4. The third-order valence-electron chi connectivity index (χ3n) is 2.33. The second kappa shape index (κ2) is 7.03. The molecular formula is C11H15N2O5S-. The Hall–Kier alpha value is -1.70. The van der Waals surface area contributed by atoms with E-state index in [-0.39, 0.29) is 18.1 Å². The molecule has 0 radical (unpaired) electrons. The predicted molar refractivity (Wildman–Crippen MR) is 67.1 cm³/mol. The minimum atomic E-state index is -1.20. The molecule has 0 aromatic rings. The van der Waals surface area contributed by atoms with Crippen LogP contribution in [0.15, 0.2) is 11.3 Å². The number of carboxylic acid groups (broad SMARTS) is 1. The standard InChI is InChI=1S/C11H16N2O5S/c1-3-18-10(16)9-6(2)12-11(17)13-7(9)4-19-5-8(14)15/h6H,3-5H2,1-2H3,(H,14,15)(H2,12,13,17)/p-1/t6-/m0/s1. The highest BCUT2D eigenvalue weighted by atomic mass is 32.2. The molecule has 0 aromatic carbocycles. The fraction of sp³-hybridized carbons (Fsp3) is 0.545. The summed E-state index contributed by atoms with van der Waals surface area (Å²) in [7, 11) is 0. The van der Waals surface area contributed by atoms with Crippen LogP contribution in [0, 0.1) is 0 Å². The maximum absolute atomic E-state index is 11.8. The number of esters is 1. The maximum atomic E-state index is 11.8. The highest BCUT2D eigenvalue weighted by molar-refractivity contribution is 8.00. The molecule has 1 aliphatic rings. The summed E-state index contributed by atoms with van der Waals surface area (Å²) in [5.74, 6) is -1.74. The molecule has 2 amide bonds. The normalized spacial score (nSPS) is 18.6. The Morgan fingerprint density at radius 2 is 2.16 bits per heavy atom. The number of carbonyl (C=O) groups is 3. The number of urea groups is 1. The van der Waals surface area contributed by atoms with Gasteiger partial charge in [-0.1, -0.05) is 0 Å². The largest absolute Gasteiger partial charge is 0.549 e. The number of aliphatic carboxylic acids is 1. The minimum Gasteiger partial charge on any atom is -0.549 e. The van der Waals surface area contributed by atoms with Gasteiger partial charge in [0.05, 0.1) is 24.2 Å². The van der Waals surface area contributed by atoms with Crippen LogP contribution < -0.4 is 15.7 Å². The van der Waals surface area contributed by atoms with E-state index in [1.54, 1.807) is 13.8 Å². The zero-order valence-corrected chi connectivity index (χ0v) is 11.5. The summed E-state index contributed by atoms with van der Waals surface area (Å²) in [6.07, 6.45) is 0. The average Bonchev–Trinajstić information content (AvgIpc) is 2.27. The van der Waals surface area contributed by atoms with E-state index in [1.165, 1.54) is 0 Å². The number of hydrogen-bond donors (Lipinski definition) is 2. The van der Waals surface area contributed by atoms with E-state index < -0.39 is 24.0 Å². The lowest BCUT2D eigenvalue weighted by atomic mass is 10.1. The number of nitrogens with one attached hydrogen (secondary N) is 2. The lowest BCUT2D eigenvalue weighted by molar-refractivity contribution is -0.301. The van der Waals surface area contributed by atoms with E-state index in [9.17, 15) is 19.5 Å². The van der Waals surface area contributed by atoms with Crippen molar-refractivity contribution in [3.05, 3.63) is 11.3 Å². The van der Waals surface area contributed by atoms with Crippen LogP contribution >= 0.6 is 11.8 Å². The molecule has 0 aliphatic carbocycles. The van der Waals surface area contributed by atoms with Crippen molar-refractivity contribution >= 4 is 29.7 Å². The summed E-state index contributed by atoms with van der Waals surface area (Å²) in [4.78, 5) is 33.5. The van der Waals surface area contributed by atoms with E-state index >= 15 is 0 Å². The van der Waals surface area contributed by atoms with E-state index in [2.05, 4.69) is 10.6 Å². The fourth-order valence-electron chi connectivity index (χ4n) is 1.63. The smallest absolute Gasteiger partial charge is 0.337 e. The number of carboxylic acids is 1. The Labute approximate surface area is 114 Å². The second-order valence-corrected chi connectivity index (χ2v) is 4.78. The summed E-state index contributed by atoms with van der Waals surface area (Å²) in [5, 5.41) is 15.4. The van der Waals surface area contributed by atoms with E-state index in [1.807, 2.05) is 0 Å². The Balaban J connectivity index is 2.86. The average molecular weight is 287 g/mol. The van der Waals surface area contributed by atoms with Crippen LogP contribution in [-0.2, 0) is 14.3 Å². The molecule has 0 aromatic heterocycles.